The number of benzene rings is 1. The van der Waals surface area contributed by atoms with Gasteiger partial charge in [-0.3, -0.25) is 19.8 Å². The predicted molar refractivity (Wildman–Crippen MR) is 61.6 cm³/mol. The van der Waals surface area contributed by atoms with E-state index in [4.69, 9.17) is 5.11 Å². The van der Waals surface area contributed by atoms with E-state index in [1.165, 1.54) is 4.90 Å². The molecular formula is C11H13FN2O4. The van der Waals surface area contributed by atoms with E-state index in [2.05, 4.69) is 0 Å². The molecule has 0 aliphatic carbocycles. The van der Waals surface area contributed by atoms with Gasteiger partial charge >= 0.3 is 5.97 Å². The minimum absolute atomic E-state index is 0.0247. The third-order valence-electron chi connectivity index (χ3n) is 2.44. The number of carboxylic acids is 1. The molecule has 1 N–H and O–H groups in total. The zero-order chi connectivity index (χ0) is 13.7. The number of carbonyl (C=O) groups is 1. The lowest BCUT2D eigenvalue weighted by Crippen LogP contribution is -2.29. The minimum Gasteiger partial charge on any atom is -0.480 e. The van der Waals surface area contributed by atoms with Gasteiger partial charge in [0.1, 0.15) is 5.82 Å². The third-order valence-corrected chi connectivity index (χ3v) is 2.44. The molecule has 0 aliphatic rings. The maximum Gasteiger partial charge on any atom is 0.317 e. The summed E-state index contributed by atoms with van der Waals surface area (Å²) in [6.45, 7) is 1.91. The van der Waals surface area contributed by atoms with Gasteiger partial charge in [-0.05, 0) is 18.7 Å². The Balaban J connectivity index is 2.96. The van der Waals surface area contributed by atoms with Gasteiger partial charge in [-0.25, -0.2) is 4.39 Å². The number of hydrogen-bond donors (Lipinski definition) is 1. The van der Waals surface area contributed by atoms with Crippen LogP contribution in [0.2, 0.25) is 0 Å². The van der Waals surface area contributed by atoms with Crippen molar-refractivity contribution >= 4 is 11.7 Å². The van der Waals surface area contributed by atoms with Crippen molar-refractivity contribution in [3.63, 3.8) is 0 Å². The third kappa shape index (κ3) is 3.77. The van der Waals surface area contributed by atoms with Gasteiger partial charge in [-0.1, -0.05) is 6.92 Å². The summed E-state index contributed by atoms with van der Waals surface area (Å²) in [4.78, 5) is 22.2. The van der Waals surface area contributed by atoms with E-state index in [0.717, 1.165) is 18.2 Å². The number of nitro groups is 1. The van der Waals surface area contributed by atoms with E-state index in [1.54, 1.807) is 6.92 Å². The molecule has 0 spiro atoms. The second-order valence-corrected chi connectivity index (χ2v) is 3.73. The zero-order valence-corrected chi connectivity index (χ0v) is 9.80. The van der Waals surface area contributed by atoms with E-state index in [9.17, 15) is 19.3 Å². The Morgan fingerprint density at radius 2 is 2.22 bits per heavy atom. The summed E-state index contributed by atoms with van der Waals surface area (Å²) < 4.78 is 13.1. The van der Waals surface area contributed by atoms with Crippen molar-refractivity contribution in [2.24, 2.45) is 0 Å². The van der Waals surface area contributed by atoms with Crippen LogP contribution in [0, 0.1) is 15.9 Å². The molecule has 98 valence electrons. The lowest BCUT2D eigenvalue weighted by atomic mass is 10.1. The molecule has 0 heterocycles. The molecule has 0 saturated heterocycles. The lowest BCUT2D eigenvalue weighted by molar-refractivity contribution is -0.385. The van der Waals surface area contributed by atoms with Crippen molar-refractivity contribution < 1.29 is 19.2 Å². The number of rotatable bonds is 6. The van der Waals surface area contributed by atoms with Crippen LogP contribution >= 0.6 is 0 Å². The zero-order valence-electron chi connectivity index (χ0n) is 9.80. The van der Waals surface area contributed by atoms with Gasteiger partial charge in [-0.2, -0.15) is 0 Å². The summed E-state index contributed by atoms with van der Waals surface area (Å²) in [5, 5.41) is 19.4. The highest BCUT2D eigenvalue weighted by molar-refractivity contribution is 5.69. The topological polar surface area (TPSA) is 83.7 Å². The second kappa shape index (κ2) is 6.06. The first-order chi connectivity index (χ1) is 8.43. The fraction of sp³-hybridized carbons (Fsp3) is 0.364. The molecule has 0 aliphatic heterocycles. The van der Waals surface area contributed by atoms with Crippen molar-refractivity contribution in [3.8, 4) is 0 Å². The van der Waals surface area contributed by atoms with Crippen molar-refractivity contribution in [3.05, 3.63) is 39.7 Å². The largest absolute Gasteiger partial charge is 0.480 e. The Labute approximate surface area is 103 Å². The standard InChI is InChI=1S/C11H13FN2O4/c1-2-13(7-11(15)16)6-8-5-9(12)3-4-10(8)14(17)18/h3-5H,2,6-7H2,1H3,(H,15,16). The van der Waals surface area contributed by atoms with Gasteiger partial charge in [-0.15, -0.1) is 0 Å². The fourth-order valence-corrected chi connectivity index (χ4v) is 1.57. The van der Waals surface area contributed by atoms with Crippen molar-refractivity contribution in [1.82, 2.24) is 4.90 Å². The molecule has 6 nitrogen and oxygen atoms in total. The van der Waals surface area contributed by atoms with Crippen molar-refractivity contribution in [2.45, 2.75) is 13.5 Å². The van der Waals surface area contributed by atoms with Gasteiger partial charge in [0, 0.05) is 18.2 Å². The summed E-state index contributed by atoms with van der Waals surface area (Å²) in [7, 11) is 0. The van der Waals surface area contributed by atoms with Crippen LogP contribution in [0.4, 0.5) is 10.1 Å². The van der Waals surface area contributed by atoms with Crippen molar-refractivity contribution in [2.75, 3.05) is 13.1 Å². The van der Waals surface area contributed by atoms with Gasteiger partial charge in [0.05, 0.1) is 11.5 Å². The average molecular weight is 256 g/mol. The van der Waals surface area contributed by atoms with Crippen LogP contribution < -0.4 is 0 Å². The van der Waals surface area contributed by atoms with Gasteiger partial charge in [0.25, 0.3) is 5.69 Å². The van der Waals surface area contributed by atoms with Gasteiger partial charge in [0.15, 0.2) is 0 Å². The molecule has 1 rings (SSSR count). The summed E-state index contributed by atoms with van der Waals surface area (Å²) in [5.41, 5.74) is -0.0386. The molecule has 0 unspecified atom stereocenters. The number of nitro benzene ring substituents is 1. The van der Waals surface area contributed by atoms with Crippen LogP contribution in [-0.2, 0) is 11.3 Å². The number of likely N-dealkylation sites (N-methyl/N-ethyl adjacent to an activating group) is 1. The van der Waals surface area contributed by atoms with Crippen LogP contribution in [0.1, 0.15) is 12.5 Å². The highest BCUT2D eigenvalue weighted by atomic mass is 19.1. The highest BCUT2D eigenvalue weighted by Gasteiger charge is 2.17. The smallest absolute Gasteiger partial charge is 0.317 e. The number of halogens is 1. The molecule has 1 aromatic carbocycles. The highest BCUT2D eigenvalue weighted by Crippen LogP contribution is 2.21. The Morgan fingerprint density at radius 3 is 2.72 bits per heavy atom. The quantitative estimate of drug-likeness (QED) is 0.618. The van der Waals surface area contributed by atoms with Gasteiger partial charge in [0.2, 0.25) is 0 Å². The normalized spacial score (nSPS) is 10.6. The number of nitrogens with zero attached hydrogens (tertiary/aromatic N) is 2. The Morgan fingerprint density at radius 1 is 1.56 bits per heavy atom. The van der Waals surface area contributed by atoms with E-state index >= 15 is 0 Å². The van der Waals surface area contributed by atoms with Crippen LogP contribution in [0.5, 0.6) is 0 Å². The molecule has 0 aromatic heterocycles. The average Bonchev–Trinajstić information content (AvgIpc) is 2.27. The maximum atomic E-state index is 13.1. The predicted octanol–water partition coefficient (Wildman–Crippen LogP) is 1.64. The first-order valence-electron chi connectivity index (χ1n) is 5.31. The fourth-order valence-electron chi connectivity index (χ4n) is 1.57. The number of aliphatic carboxylic acids is 1. The Hall–Kier alpha value is -2.02. The maximum absolute atomic E-state index is 13.1. The van der Waals surface area contributed by atoms with E-state index in [-0.39, 0.29) is 24.3 Å². The van der Waals surface area contributed by atoms with E-state index in [1.807, 2.05) is 0 Å². The molecule has 0 saturated carbocycles. The lowest BCUT2D eigenvalue weighted by Gasteiger charge is -2.17. The first kappa shape index (κ1) is 14.0. The Bertz CT molecular complexity index is 464. The molecule has 18 heavy (non-hydrogen) atoms. The van der Waals surface area contributed by atoms with Crippen LogP contribution in [-0.4, -0.2) is 34.0 Å². The number of carboxylic acid groups (broad SMARTS) is 1. The minimum atomic E-state index is -1.03. The molecule has 0 atom stereocenters. The number of hydrogen-bond acceptors (Lipinski definition) is 4. The molecular weight excluding hydrogens is 243 g/mol. The second-order valence-electron chi connectivity index (χ2n) is 3.73. The van der Waals surface area contributed by atoms with Crippen LogP contribution in [0.15, 0.2) is 18.2 Å². The van der Waals surface area contributed by atoms with E-state index in [0.29, 0.717) is 6.54 Å². The summed E-state index contributed by atoms with van der Waals surface area (Å²) in [6.07, 6.45) is 0. The van der Waals surface area contributed by atoms with Gasteiger partial charge < -0.3 is 5.11 Å². The van der Waals surface area contributed by atoms with Crippen molar-refractivity contribution in [1.29, 1.82) is 0 Å². The summed E-state index contributed by atoms with van der Waals surface area (Å²) in [6, 6.07) is 3.15. The molecule has 1 aromatic rings. The molecule has 0 bridgehead atoms. The first-order valence-corrected chi connectivity index (χ1v) is 5.31. The van der Waals surface area contributed by atoms with Crippen LogP contribution in [0.25, 0.3) is 0 Å². The molecule has 0 fully saturated rings. The Kier molecular flexibility index (Phi) is 4.73. The molecule has 7 heteroatoms. The molecule has 0 radical (unpaired) electrons. The van der Waals surface area contributed by atoms with E-state index < -0.39 is 16.7 Å². The molecule has 0 amide bonds. The SMILES string of the molecule is CCN(CC(=O)O)Cc1cc(F)ccc1[N+](=O)[O-]. The van der Waals surface area contributed by atoms with Crippen LogP contribution in [0.3, 0.4) is 0 Å². The summed E-state index contributed by atoms with van der Waals surface area (Å²) >= 11 is 0. The summed E-state index contributed by atoms with van der Waals surface area (Å²) in [5.74, 6) is -1.61. The monoisotopic (exact) mass is 256 g/mol.